The van der Waals surface area contributed by atoms with Crippen molar-refractivity contribution in [2.24, 2.45) is 27.4 Å². The van der Waals surface area contributed by atoms with E-state index in [1.807, 2.05) is 6.07 Å². The van der Waals surface area contributed by atoms with Crippen molar-refractivity contribution >= 4 is 40.7 Å². The van der Waals surface area contributed by atoms with Crippen molar-refractivity contribution in [1.29, 1.82) is 0 Å². The predicted octanol–water partition coefficient (Wildman–Crippen LogP) is 2.38. The number of carbonyl (C=O) groups excluding carboxylic acids is 1. The van der Waals surface area contributed by atoms with E-state index in [9.17, 15) is 4.79 Å². The van der Waals surface area contributed by atoms with Gasteiger partial charge in [-0.2, -0.15) is 5.10 Å². The van der Waals surface area contributed by atoms with Crippen LogP contribution in [-0.2, 0) is 11.3 Å². The first kappa shape index (κ1) is 24.3. The number of carbonyl (C=O) groups is 1. The summed E-state index contributed by atoms with van der Waals surface area (Å²) in [5.74, 6) is 5.58. The Morgan fingerprint density at radius 1 is 1.28 bits per heavy atom. The molecule has 1 amide bonds. The number of hydrogen-bond donors (Lipinski definition) is 5. The summed E-state index contributed by atoms with van der Waals surface area (Å²) in [5.41, 5.74) is 12.8. The standard InChI is InChI=1S/C19H27Cl2N7O/c1-3-17(26-11-13-6-7-14(20)15(21)9-13)27-19(29)18(12(2)10-22)25-8-4-5-16(23)28-24/h3,6-7,9-10,26H,4-5,8,11,22,24H2,1-2H3,(H2,23,28)(H,27,29)/b12-10?,17-3+,25-18?. The van der Waals surface area contributed by atoms with Crippen molar-refractivity contribution in [1.82, 2.24) is 10.6 Å². The number of rotatable bonds is 10. The Morgan fingerprint density at radius 2 is 2.00 bits per heavy atom. The lowest BCUT2D eigenvalue weighted by Gasteiger charge is -2.14. The van der Waals surface area contributed by atoms with Crippen LogP contribution in [0.1, 0.15) is 32.3 Å². The molecule has 1 rings (SSSR count). The van der Waals surface area contributed by atoms with Crippen LogP contribution in [0.5, 0.6) is 0 Å². The Balaban J connectivity index is 2.75. The van der Waals surface area contributed by atoms with Gasteiger partial charge < -0.3 is 27.9 Å². The van der Waals surface area contributed by atoms with Crippen molar-refractivity contribution in [3.63, 3.8) is 0 Å². The summed E-state index contributed by atoms with van der Waals surface area (Å²) in [4.78, 5) is 17.0. The molecule has 1 aromatic rings. The molecule has 0 atom stereocenters. The number of nitrogens with zero attached hydrogens (tertiary/aromatic N) is 2. The predicted molar refractivity (Wildman–Crippen MR) is 120 cm³/mol. The molecule has 0 saturated carbocycles. The number of hydrogen-bond acceptors (Lipinski definition) is 6. The van der Waals surface area contributed by atoms with E-state index in [1.54, 1.807) is 32.1 Å². The summed E-state index contributed by atoms with van der Waals surface area (Å²) in [6.45, 7) is 4.35. The molecule has 0 unspecified atom stereocenters. The highest BCUT2D eigenvalue weighted by molar-refractivity contribution is 6.45. The fourth-order valence-electron chi connectivity index (χ4n) is 2.22. The molecule has 0 radical (unpaired) electrons. The second-order valence-electron chi connectivity index (χ2n) is 6.06. The Bertz CT molecular complexity index is 832. The molecule has 0 aliphatic heterocycles. The third-order valence-electron chi connectivity index (χ3n) is 3.87. The lowest BCUT2D eigenvalue weighted by atomic mass is 10.1. The van der Waals surface area contributed by atoms with Crippen LogP contribution in [0.4, 0.5) is 0 Å². The van der Waals surface area contributed by atoms with E-state index in [2.05, 4.69) is 20.7 Å². The highest BCUT2D eigenvalue weighted by Gasteiger charge is 2.14. The van der Waals surface area contributed by atoms with Gasteiger partial charge in [0, 0.05) is 19.5 Å². The minimum atomic E-state index is -0.376. The maximum absolute atomic E-state index is 12.7. The van der Waals surface area contributed by atoms with Gasteiger partial charge in [0.1, 0.15) is 17.4 Å². The van der Waals surface area contributed by atoms with E-state index in [4.69, 9.17) is 40.5 Å². The molecule has 0 aromatic heterocycles. The fraction of sp³-hybridized carbons (Fsp3) is 0.316. The van der Waals surface area contributed by atoms with Crippen molar-refractivity contribution in [3.8, 4) is 0 Å². The maximum atomic E-state index is 12.7. The summed E-state index contributed by atoms with van der Waals surface area (Å²) in [7, 11) is 0. The van der Waals surface area contributed by atoms with Gasteiger partial charge in [-0.3, -0.25) is 9.79 Å². The van der Waals surface area contributed by atoms with Crippen molar-refractivity contribution in [2.45, 2.75) is 33.2 Å². The first-order valence-electron chi connectivity index (χ1n) is 8.93. The van der Waals surface area contributed by atoms with Gasteiger partial charge in [-0.25, -0.2) is 0 Å². The molecule has 158 valence electrons. The average Bonchev–Trinajstić information content (AvgIpc) is 2.72. The Morgan fingerprint density at radius 3 is 2.59 bits per heavy atom. The number of amides is 1. The second kappa shape index (κ2) is 12.7. The summed E-state index contributed by atoms with van der Waals surface area (Å²) >= 11 is 12.0. The van der Waals surface area contributed by atoms with E-state index < -0.39 is 0 Å². The molecular formula is C19H27Cl2N7O. The number of amidine groups is 1. The number of hydrazone groups is 1. The number of benzene rings is 1. The lowest BCUT2D eigenvalue weighted by molar-refractivity contribution is -0.114. The van der Waals surface area contributed by atoms with Crippen LogP contribution in [-0.4, -0.2) is 24.0 Å². The molecule has 29 heavy (non-hydrogen) atoms. The minimum absolute atomic E-state index is 0.242. The molecule has 0 saturated heterocycles. The van der Waals surface area contributed by atoms with E-state index in [0.717, 1.165) is 5.56 Å². The van der Waals surface area contributed by atoms with Crippen LogP contribution in [0.3, 0.4) is 0 Å². The van der Waals surface area contributed by atoms with Crippen LogP contribution in [0.15, 0.2) is 52.0 Å². The molecule has 0 aliphatic carbocycles. The number of allylic oxidation sites excluding steroid dienone is 1. The van der Waals surface area contributed by atoms with Gasteiger partial charge in [0.15, 0.2) is 0 Å². The number of aliphatic imine (C=N–C) groups is 1. The van der Waals surface area contributed by atoms with E-state index in [0.29, 0.717) is 53.2 Å². The third-order valence-corrected chi connectivity index (χ3v) is 4.61. The Labute approximate surface area is 180 Å². The lowest BCUT2D eigenvalue weighted by Crippen LogP contribution is -2.36. The average molecular weight is 440 g/mol. The molecule has 8 nitrogen and oxygen atoms in total. The largest absolute Gasteiger partial charge is 0.404 e. The number of nitrogens with one attached hydrogen (secondary N) is 2. The van der Waals surface area contributed by atoms with E-state index in [-0.39, 0.29) is 11.6 Å². The molecule has 8 N–H and O–H groups in total. The normalized spacial score (nSPS) is 13.4. The van der Waals surface area contributed by atoms with Crippen LogP contribution in [0.2, 0.25) is 10.0 Å². The highest BCUT2D eigenvalue weighted by Crippen LogP contribution is 2.22. The molecule has 1 aromatic carbocycles. The summed E-state index contributed by atoms with van der Waals surface area (Å²) < 4.78 is 0. The van der Waals surface area contributed by atoms with Gasteiger partial charge in [-0.15, -0.1) is 0 Å². The summed E-state index contributed by atoms with van der Waals surface area (Å²) in [6.07, 6.45) is 4.18. The second-order valence-corrected chi connectivity index (χ2v) is 6.88. The zero-order valence-corrected chi connectivity index (χ0v) is 18.0. The quantitative estimate of drug-likeness (QED) is 0.125. The molecule has 0 spiro atoms. The van der Waals surface area contributed by atoms with E-state index in [1.165, 1.54) is 6.20 Å². The van der Waals surface area contributed by atoms with Crippen LogP contribution in [0, 0.1) is 0 Å². The van der Waals surface area contributed by atoms with E-state index >= 15 is 0 Å². The van der Waals surface area contributed by atoms with Crippen LogP contribution in [0.25, 0.3) is 0 Å². The van der Waals surface area contributed by atoms with Crippen molar-refractivity contribution in [2.75, 3.05) is 6.54 Å². The Hall–Kier alpha value is -2.71. The molecule has 0 heterocycles. The monoisotopic (exact) mass is 439 g/mol. The third kappa shape index (κ3) is 8.45. The summed E-state index contributed by atoms with van der Waals surface area (Å²) in [6, 6.07) is 5.33. The van der Waals surface area contributed by atoms with Crippen LogP contribution < -0.4 is 27.9 Å². The summed E-state index contributed by atoms with van der Waals surface area (Å²) in [5, 5.41) is 10.3. The highest BCUT2D eigenvalue weighted by atomic mass is 35.5. The minimum Gasteiger partial charge on any atom is -0.404 e. The molecule has 0 aliphatic rings. The maximum Gasteiger partial charge on any atom is 0.275 e. The first-order chi connectivity index (χ1) is 13.8. The molecule has 10 heteroatoms. The molecular weight excluding hydrogens is 413 g/mol. The smallest absolute Gasteiger partial charge is 0.275 e. The SMILES string of the molecule is C/C=C(\NCc1ccc(Cl)c(Cl)c1)NC(=O)C(=NCCCC(N)=NN)C(C)=CN. The van der Waals surface area contributed by atoms with Gasteiger partial charge in [0.05, 0.1) is 10.0 Å². The van der Waals surface area contributed by atoms with Gasteiger partial charge in [-0.05, 0) is 55.8 Å². The van der Waals surface area contributed by atoms with Gasteiger partial charge in [0.25, 0.3) is 5.91 Å². The first-order valence-corrected chi connectivity index (χ1v) is 9.69. The molecule has 0 bridgehead atoms. The van der Waals surface area contributed by atoms with Gasteiger partial charge in [0.2, 0.25) is 0 Å². The topological polar surface area (TPSA) is 144 Å². The van der Waals surface area contributed by atoms with Crippen LogP contribution >= 0.6 is 23.2 Å². The van der Waals surface area contributed by atoms with Gasteiger partial charge in [-0.1, -0.05) is 29.3 Å². The van der Waals surface area contributed by atoms with Crippen molar-refractivity contribution < 1.29 is 4.79 Å². The zero-order chi connectivity index (χ0) is 21.8. The number of halogens is 2. The zero-order valence-electron chi connectivity index (χ0n) is 16.5. The number of nitrogens with two attached hydrogens (primary N) is 3. The van der Waals surface area contributed by atoms with Gasteiger partial charge >= 0.3 is 0 Å². The molecule has 0 fully saturated rings. The Kier molecular flexibility index (Phi) is 10.6. The van der Waals surface area contributed by atoms with Crippen molar-refractivity contribution in [3.05, 3.63) is 57.5 Å². The fourth-order valence-corrected chi connectivity index (χ4v) is 2.54.